The van der Waals surface area contributed by atoms with Crippen LogP contribution in [0.5, 0.6) is 0 Å². The third-order valence-corrected chi connectivity index (χ3v) is 6.82. The zero-order chi connectivity index (χ0) is 16.1. The molecule has 2 aromatic heterocycles. The molecule has 3 heterocycles. The average molecular weight is 321 g/mol. The van der Waals surface area contributed by atoms with Crippen LogP contribution in [0.4, 0.5) is 0 Å². The second kappa shape index (κ2) is 5.08. The SMILES string of the molecule is Cc1nc(C(=O)N2CCS(=O)(=O)[C@@H](C)[C@H]2C)c2ccccn12. The summed E-state index contributed by atoms with van der Waals surface area (Å²) in [7, 11) is -3.12. The molecule has 2 atom stereocenters. The van der Waals surface area contributed by atoms with E-state index in [1.807, 2.05) is 35.7 Å². The van der Waals surface area contributed by atoms with Crippen LogP contribution in [0.2, 0.25) is 0 Å². The first kappa shape index (κ1) is 15.0. The van der Waals surface area contributed by atoms with Crippen LogP contribution in [0, 0.1) is 6.92 Å². The molecule has 1 aliphatic heterocycles. The quantitative estimate of drug-likeness (QED) is 0.793. The van der Waals surface area contributed by atoms with Crippen LogP contribution >= 0.6 is 0 Å². The molecule has 7 heteroatoms. The smallest absolute Gasteiger partial charge is 0.275 e. The van der Waals surface area contributed by atoms with Gasteiger partial charge in [-0.2, -0.15) is 0 Å². The Labute approximate surface area is 129 Å². The van der Waals surface area contributed by atoms with E-state index >= 15 is 0 Å². The van der Waals surface area contributed by atoms with E-state index in [2.05, 4.69) is 4.98 Å². The zero-order valence-electron chi connectivity index (χ0n) is 12.9. The molecule has 1 aliphatic rings. The molecule has 0 aliphatic carbocycles. The van der Waals surface area contributed by atoms with Crippen molar-refractivity contribution in [3.05, 3.63) is 35.9 Å². The van der Waals surface area contributed by atoms with Crippen molar-refractivity contribution < 1.29 is 13.2 Å². The normalized spacial score (nSPS) is 24.6. The van der Waals surface area contributed by atoms with Gasteiger partial charge < -0.3 is 9.30 Å². The summed E-state index contributed by atoms with van der Waals surface area (Å²) in [6.45, 7) is 5.51. The van der Waals surface area contributed by atoms with Gasteiger partial charge in [0, 0.05) is 18.8 Å². The summed E-state index contributed by atoms with van der Waals surface area (Å²) in [5, 5.41) is -0.555. The van der Waals surface area contributed by atoms with Crippen molar-refractivity contribution in [2.45, 2.75) is 32.1 Å². The van der Waals surface area contributed by atoms with E-state index < -0.39 is 15.1 Å². The summed E-state index contributed by atoms with van der Waals surface area (Å²) < 4.78 is 25.8. The van der Waals surface area contributed by atoms with Crippen LogP contribution in [-0.2, 0) is 9.84 Å². The molecule has 1 amide bonds. The second-order valence-corrected chi connectivity index (χ2v) is 8.25. The Bertz CT molecular complexity index is 841. The number of aromatic nitrogens is 2. The maximum Gasteiger partial charge on any atom is 0.275 e. The van der Waals surface area contributed by atoms with Gasteiger partial charge in [0.1, 0.15) is 5.82 Å². The van der Waals surface area contributed by atoms with Gasteiger partial charge >= 0.3 is 0 Å². The predicted octanol–water partition coefficient (Wildman–Crippen LogP) is 1.29. The number of aryl methyl sites for hydroxylation is 1. The molecule has 22 heavy (non-hydrogen) atoms. The number of fused-ring (bicyclic) bond motifs is 1. The van der Waals surface area contributed by atoms with E-state index in [1.165, 1.54) is 0 Å². The maximum absolute atomic E-state index is 12.8. The molecule has 0 aromatic carbocycles. The summed E-state index contributed by atoms with van der Waals surface area (Å²) >= 11 is 0. The summed E-state index contributed by atoms with van der Waals surface area (Å²) in [6, 6.07) is 5.24. The Hall–Kier alpha value is -1.89. The van der Waals surface area contributed by atoms with Gasteiger partial charge in [-0.3, -0.25) is 4.79 Å². The predicted molar refractivity (Wildman–Crippen MR) is 83.7 cm³/mol. The summed E-state index contributed by atoms with van der Waals surface area (Å²) in [4.78, 5) is 18.9. The summed E-state index contributed by atoms with van der Waals surface area (Å²) in [5.41, 5.74) is 1.13. The Morgan fingerprint density at radius 1 is 1.32 bits per heavy atom. The van der Waals surface area contributed by atoms with Gasteiger partial charge in [-0.25, -0.2) is 13.4 Å². The van der Waals surface area contributed by atoms with Crippen molar-refractivity contribution in [1.82, 2.24) is 14.3 Å². The molecule has 0 unspecified atom stereocenters. The second-order valence-electron chi connectivity index (χ2n) is 5.77. The number of rotatable bonds is 1. The maximum atomic E-state index is 12.8. The number of hydrogen-bond donors (Lipinski definition) is 0. The molecule has 6 nitrogen and oxygen atoms in total. The van der Waals surface area contributed by atoms with Gasteiger partial charge in [-0.05, 0) is 32.9 Å². The Morgan fingerprint density at radius 3 is 2.77 bits per heavy atom. The fourth-order valence-corrected chi connectivity index (χ4v) is 4.51. The summed E-state index contributed by atoms with van der Waals surface area (Å²) in [5.74, 6) is 0.546. The fourth-order valence-electron chi connectivity index (χ4n) is 2.94. The van der Waals surface area contributed by atoms with E-state index in [9.17, 15) is 13.2 Å². The van der Waals surface area contributed by atoms with Gasteiger partial charge in [-0.15, -0.1) is 0 Å². The third-order valence-electron chi connectivity index (χ3n) is 4.54. The van der Waals surface area contributed by atoms with E-state index in [-0.39, 0.29) is 24.2 Å². The third kappa shape index (κ3) is 2.20. The number of nitrogens with zero attached hydrogens (tertiary/aromatic N) is 3. The minimum atomic E-state index is -3.12. The lowest BCUT2D eigenvalue weighted by molar-refractivity contribution is 0.0689. The van der Waals surface area contributed by atoms with Gasteiger partial charge in [0.05, 0.1) is 16.5 Å². The summed E-state index contributed by atoms with van der Waals surface area (Å²) in [6.07, 6.45) is 1.86. The molecular weight excluding hydrogens is 302 g/mol. The van der Waals surface area contributed by atoms with Crippen molar-refractivity contribution in [3.8, 4) is 0 Å². The minimum absolute atomic E-state index is 0.00894. The number of amides is 1. The molecule has 3 rings (SSSR count). The fraction of sp³-hybridized carbons (Fsp3) is 0.467. The van der Waals surface area contributed by atoms with Crippen molar-refractivity contribution in [2.75, 3.05) is 12.3 Å². The highest BCUT2D eigenvalue weighted by Gasteiger charge is 2.39. The lowest BCUT2D eigenvalue weighted by Gasteiger charge is -2.37. The van der Waals surface area contributed by atoms with Gasteiger partial charge in [-0.1, -0.05) is 6.07 Å². The minimum Gasteiger partial charge on any atom is -0.332 e. The molecule has 1 fully saturated rings. The number of carbonyl (C=O) groups excluding carboxylic acids is 1. The van der Waals surface area contributed by atoms with Crippen molar-refractivity contribution in [1.29, 1.82) is 0 Å². The highest BCUT2D eigenvalue weighted by atomic mass is 32.2. The van der Waals surface area contributed by atoms with Crippen LogP contribution in [0.3, 0.4) is 0 Å². The lowest BCUT2D eigenvalue weighted by Crippen LogP contribution is -2.54. The number of sulfone groups is 1. The molecule has 1 saturated heterocycles. The monoisotopic (exact) mass is 321 g/mol. The van der Waals surface area contributed by atoms with Crippen LogP contribution in [0.15, 0.2) is 24.4 Å². The van der Waals surface area contributed by atoms with E-state index in [0.29, 0.717) is 5.69 Å². The first-order valence-electron chi connectivity index (χ1n) is 7.29. The Morgan fingerprint density at radius 2 is 2.05 bits per heavy atom. The van der Waals surface area contributed by atoms with Crippen LogP contribution < -0.4 is 0 Å². The van der Waals surface area contributed by atoms with E-state index in [4.69, 9.17) is 0 Å². The molecule has 0 bridgehead atoms. The number of carbonyl (C=O) groups is 1. The molecule has 0 spiro atoms. The topological polar surface area (TPSA) is 71.8 Å². The zero-order valence-corrected chi connectivity index (χ0v) is 13.7. The highest BCUT2D eigenvalue weighted by Crippen LogP contribution is 2.23. The van der Waals surface area contributed by atoms with Crippen molar-refractivity contribution in [3.63, 3.8) is 0 Å². The number of imidazole rings is 1. The standard InChI is InChI=1S/C15H19N3O3S/c1-10-11(2)22(20,21)9-8-17(10)15(19)14-13-6-4-5-7-18(13)12(3)16-14/h4-7,10-11H,8-9H2,1-3H3/t10-,11+/m1/s1. The first-order chi connectivity index (χ1) is 10.3. The van der Waals surface area contributed by atoms with E-state index in [0.717, 1.165) is 11.3 Å². The molecule has 118 valence electrons. The average Bonchev–Trinajstić information content (AvgIpc) is 2.82. The van der Waals surface area contributed by atoms with Gasteiger partial charge in [0.15, 0.2) is 15.5 Å². The Balaban J connectivity index is 2.00. The Kier molecular flexibility index (Phi) is 3.47. The van der Waals surface area contributed by atoms with Crippen LogP contribution in [-0.4, -0.2) is 52.2 Å². The van der Waals surface area contributed by atoms with Crippen molar-refractivity contribution in [2.24, 2.45) is 0 Å². The number of pyridine rings is 1. The van der Waals surface area contributed by atoms with Crippen molar-refractivity contribution >= 4 is 21.3 Å². The van der Waals surface area contributed by atoms with E-state index in [1.54, 1.807) is 18.7 Å². The van der Waals surface area contributed by atoms with Gasteiger partial charge in [0.25, 0.3) is 5.91 Å². The highest BCUT2D eigenvalue weighted by molar-refractivity contribution is 7.92. The largest absolute Gasteiger partial charge is 0.332 e. The first-order valence-corrected chi connectivity index (χ1v) is 9.00. The van der Waals surface area contributed by atoms with Crippen LogP contribution in [0.1, 0.15) is 30.2 Å². The van der Waals surface area contributed by atoms with Crippen LogP contribution in [0.25, 0.3) is 5.52 Å². The molecule has 0 saturated carbocycles. The van der Waals surface area contributed by atoms with Gasteiger partial charge in [0.2, 0.25) is 0 Å². The molecular formula is C15H19N3O3S. The molecule has 0 N–H and O–H groups in total. The molecule has 2 aromatic rings. The molecule has 0 radical (unpaired) electrons. The lowest BCUT2D eigenvalue weighted by atomic mass is 10.2. The number of hydrogen-bond acceptors (Lipinski definition) is 4.